The molecule has 2 heterocycles. The van der Waals surface area contributed by atoms with Crippen molar-refractivity contribution in [1.29, 1.82) is 0 Å². The number of nitrogens with zero attached hydrogens (tertiary/aromatic N) is 3. The Labute approximate surface area is 225 Å². The maximum Gasteiger partial charge on any atom is 0.303 e. The molecule has 3 aromatic carbocycles. The Bertz CT molecular complexity index is 1570. The summed E-state index contributed by atoms with van der Waals surface area (Å²) in [6, 6.07) is 22.6. The number of carboxylic acid groups (broad SMARTS) is 1. The third-order valence-corrected chi connectivity index (χ3v) is 6.93. The van der Waals surface area contributed by atoms with Crippen LogP contribution in [0.25, 0.3) is 22.0 Å². The van der Waals surface area contributed by atoms with Crippen molar-refractivity contribution in [1.82, 2.24) is 9.99 Å². The molecular formula is C30H26ClN3O4. The number of fused-ring (bicyclic) bond motifs is 1. The minimum Gasteiger partial charge on any atom is -0.496 e. The Morgan fingerprint density at radius 3 is 2.50 bits per heavy atom. The molecule has 1 atom stereocenters. The number of aromatic nitrogens is 1. The lowest BCUT2D eigenvalue weighted by Crippen LogP contribution is -2.27. The maximum absolute atomic E-state index is 13.3. The van der Waals surface area contributed by atoms with Gasteiger partial charge in [-0.1, -0.05) is 60.1 Å². The zero-order chi connectivity index (χ0) is 26.8. The molecule has 5 rings (SSSR count). The van der Waals surface area contributed by atoms with Gasteiger partial charge in [0, 0.05) is 45.6 Å². The molecule has 8 heteroatoms. The average Bonchev–Trinajstić information content (AvgIpc) is 3.36. The highest BCUT2D eigenvalue weighted by Crippen LogP contribution is 2.42. The van der Waals surface area contributed by atoms with Gasteiger partial charge in [-0.3, -0.25) is 14.6 Å². The van der Waals surface area contributed by atoms with E-state index in [4.69, 9.17) is 26.4 Å². The number of hydrazone groups is 1. The number of carboxylic acids is 1. The van der Waals surface area contributed by atoms with Crippen LogP contribution in [0.4, 0.5) is 0 Å². The van der Waals surface area contributed by atoms with Gasteiger partial charge in [0.1, 0.15) is 5.75 Å². The molecule has 0 saturated heterocycles. The molecule has 4 aromatic rings. The molecule has 0 radical (unpaired) electrons. The molecule has 1 N–H and O–H groups in total. The number of methoxy groups -OCH3 is 1. The summed E-state index contributed by atoms with van der Waals surface area (Å²) < 4.78 is 5.60. The fraction of sp³-hybridized carbons (Fsp3) is 0.200. The standard InChI is InChI=1S/C30H26ClN3O4/c1-18-29(30(19-8-4-3-5-9-19)22-16-20(31)12-13-23(22)32-18)24-17-25(21-10-6-7-11-26(21)38-2)34(33-24)27(35)14-15-28(36)37/h3-13,16,25H,14-15,17H2,1-2H3,(H,36,37)/t25-/m1/s1. The lowest BCUT2D eigenvalue weighted by molar-refractivity contribution is -0.141. The van der Waals surface area contributed by atoms with Gasteiger partial charge in [0.05, 0.1) is 30.8 Å². The summed E-state index contributed by atoms with van der Waals surface area (Å²) in [6.07, 6.45) is -0.0232. The molecule has 38 heavy (non-hydrogen) atoms. The quantitative estimate of drug-likeness (QED) is 0.299. The summed E-state index contributed by atoms with van der Waals surface area (Å²) in [5, 5.41) is 16.9. The van der Waals surface area contributed by atoms with E-state index < -0.39 is 12.0 Å². The minimum atomic E-state index is -1.03. The molecule has 0 fully saturated rings. The normalized spacial score (nSPS) is 15.0. The van der Waals surface area contributed by atoms with Crippen LogP contribution in [0.1, 0.15) is 42.1 Å². The first-order valence-corrected chi connectivity index (χ1v) is 12.6. The van der Waals surface area contributed by atoms with Crippen molar-refractivity contribution in [2.75, 3.05) is 7.11 Å². The molecule has 7 nitrogen and oxygen atoms in total. The van der Waals surface area contributed by atoms with E-state index in [9.17, 15) is 14.7 Å². The van der Waals surface area contributed by atoms with Gasteiger partial charge in [-0.05, 0) is 36.8 Å². The smallest absolute Gasteiger partial charge is 0.303 e. The fourth-order valence-electron chi connectivity index (χ4n) is 5.02. The number of halogens is 1. The van der Waals surface area contributed by atoms with Crippen LogP contribution in [-0.2, 0) is 9.59 Å². The van der Waals surface area contributed by atoms with Crippen LogP contribution >= 0.6 is 11.6 Å². The second kappa shape index (κ2) is 10.6. The van der Waals surface area contributed by atoms with Gasteiger partial charge in [-0.2, -0.15) is 5.10 Å². The Morgan fingerprint density at radius 2 is 1.76 bits per heavy atom. The molecule has 0 saturated carbocycles. The summed E-state index contributed by atoms with van der Waals surface area (Å²) >= 11 is 6.42. The van der Waals surface area contributed by atoms with Gasteiger partial charge in [-0.25, -0.2) is 5.01 Å². The van der Waals surface area contributed by atoms with E-state index in [1.807, 2.05) is 79.7 Å². The molecule has 1 amide bonds. The van der Waals surface area contributed by atoms with Gasteiger partial charge in [0.15, 0.2) is 0 Å². The van der Waals surface area contributed by atoms with Crippen LogP contribution in [0.2, 0.25) is 5.02 Å². The summed E-state index contributed by atoms with van der Waals surface area (Å²) in [4.78, 5) is 29.4. The van der Waals surface area contributed by atoms with Gasteiger partial charge in [-0.15, -0.1) is 0 Å². The number of hydrogen-bond donors (Lipinski definition) is 1. The van der Waals surface area contributed by atoms with Crippen molar-refractivity contribution in [2.24, 2.45) is 5.10 Å². The van der Waals surface area contributed by atoms with Gasteiger partial charge >= 0.3 is 5.97 Å². The van der Waals surface area contributed by atoms with Crippen molar-refractivity contribution >= 4 is 40.1 Å². The monoisotopic (exact) mass is 527 g/mol. The van der Waals surface area contributed by atoms with Crippen LogP contribution in [0.3, 0.4) is 0 Å². The number of hydrogen-bond acceptors (Lipinski definition) is 5. The highest BCUT2D eigenvalue weighted by Gasteiger charge is 2.36. The zero-order valence-electron chi connectivity index (χ0n) is 21.0. The van der Waals surface area contributed by atoms with Crippen molar-refractivity contribution < 1.29 is 19.4 Å². The number of amides is 1. The molecule has 192 valence electrons. The Balaban J connectivity index is 1.71. The average molecular weight is 528 g/mol. The maximum atomic E-state index is 13.3. The summed E-state index contributed by atoms with van der Waals surface area (Å²) in [5.41, 5.74) is 5.82. The Morgan fingerprint density at radius 1 is 1.03 bits per heavy atom. The van der Waals surface area contributed by atoms with E-state index in [0.717, 1.165) is 38.9 Å². The largest absolute Gasteiger partial charge is 0.496 e. The van der Waals surface area contributed by atoms with E-state index in [0.29, 0.717) is 22.9 Å². The molecular weight excluding hydrogens is 502 g/mol. The highest BCUT2D eigenvalue weighted by molar-refractivity contribution is 6.31. The fourth-order valence-corrected chi connectivity index (χ4v) is 5.19. The first kappa shape index (κ1) is 25.4. The summed E-state index contributed by atoms with van der Waals surface area (Å²) in [7, 11) is 1.58. The molecule has 0 spiro atoms. The number of rotatable bonds is 7. The lowest BCUT2D eigenvalue weighted by Gasteiger charge is -2.23. The molecule has 0 unspecified atom stereocenters. The number of ether oxygens (including phenoxy) is 1. The number of para-hydroxylation sites is 1. The second-order valence-electron chi connectivity index (χ2n) is 9.12. The minimum absolute atomic E-state index is 0.159. The second-order valence-corrected chi connectivity index (χ2v) is 9.55. The molecule has 0 aliphatic carbocycles. The van der Waals surface area contributed by atoms with E-state index >= 15 is 0 Å². The van der Waals surface area contributed by atoms with Crippen LogP contribution in [0.5, 0.6) is 5.75 Å². The Hall–Kier alpha value is -4.23. The summed E-state index contributed by atoms with van der Waals surface area (Å²) in [5.74, 6) is -0.768. The third-order valence-electron chi connectivity index (χ3n) is 6.70. The molecule has 1 aliphatic rings. The molecule has 0 bridgehead atoms. The first-order valence-electron chi connectivity index (χ1n) is 12.3. The summed E-state index contributed by atoms with van der Waals surface area (Å²) in [6.45, 7) is 1.94. The third kappa shape index (κ3) is 4.85. The number of aliphatic carboxylic acids is 1. The SMILES string of the molecule is COc1ccccc1[C@H]1CC(c2c(C)nc3ccc(Cl)cc3c2-c2ccccc2)=NN1C(=O)CCC(=O)O. The lowest BCUT2D eigenvalue weighted by atomic mass is 9.89. The van der Waals surface area contributed by atoms with Crippen LogP contribution < -0.4 is 4.74 Å². The highest BCUT2D eigenvalue weighted by atomic mass is 35.5. The van der Waals surface area contributed by atoms with Crippen LogP contribution in [-0.4, -0.2) is 39.8 Å². The predicted octanol–water partition coefficient (Wildman–Crippen LogP) is 6.41. The van der Waals surface area contributed by atoms with E-state index in [1.54, 1.807) is 7.11 Å². The van der Waals surface area contributed by atoms with Gasteiger partial charge < -0.3 is 9.84 Å². The van der Waals surface area contributed by atoms with Gasteiger partial charge in [0.25, 0.3) is 0 Å². The first-order chi connectivity index (χ1) is 18.4. The number of benzene rings is 3. The van der Waals surface area contributed by atoms with Crippen LogP contribution in [0, 0.1) is 6.92 Å². The number of aryl methyl sites for hydroxylation is 1. The Kier molecular flexibility index (Phi) is 7.11. The topological polar surface area (TPSA) is 92.1 Å². The number of carbonyl (C=O) groups is 2. The van der Waals surface area contributed by atoms with E-state index in [1.165, 1.54) is 5.01 Å². The van der Waals surface area contributed by atoms with Crippen molar-refractivity contribution in [2.45, 2.75) is 32.2 Å². The van der Waals surface area contributed by atoms with E-state index in [-0.39, 0.29) is 18.7 Å². The van der Waals surface area contributed by atoms with Crippen molar-refractivity contribution in [3.05, 3.63) is 94.6 Å². The van der Waals surface area contributed by atoms with Crippen molar-refractivity contribution in [3.63, 3.8) is 0 Å². The number of pyridine rings is 1. The predicted molar refractivity (Wildman–Crippen MR) is 148 cm³/mol. The van der Waals surface area contributed by atoms with Gasteiger partial charge in [0.2, 0.25) is 5.91 Å². The molecule has 1 aromatic heterocycles. The van der Waals surface area contributed by atoms with Crippen LogP contribution in [0.15, 0.2) is 77.9 Å². The number of carbonyl (C=O) groups excluding carboxylic acids is 1. The van der Waals surface area contributed by atoms with E-state index in [2.05, 4.69) is 0 Å². The van der Waals surface area contributed by atoms with Crippen molar-refractivity contribution in [3.8, 4) is 16.9 Å². The molecule has 1 aliphatic heterocycles. The zero-order valence-corrected chi connectivity index (χ0v) is 21.8.